The molecule has 0 atom stereocenters. The number of non-ortho nitro benzene ring substituents is 1. The molecule has 0 radical (unpaired) electrons. The Labute approximate surface area is 161 Å². The maximum absolute atomic E-state index is 12.6. The second-order valence-electron chi connectivity index (χ2n) is 6.48. The SMILES string of the molecule is COc1cc(C(=O)OCC(=O)N2CCCc3cc([N+](=O)[O-])ccc32)ccc1C. The van der Waals surface area contributed by atoms with Gasteiger partial charge in [0.15, 0.2) is 6.61 Å². The summed E-state index contributed by atoms with van der Waals surface area (Å²) in [7, 11) is 1.51. The average molecular weight is 384 g/mol. The van der Waals surface area contributed by atoms with E-state index in [4.69, 9.17) is 9.47 Å². The first-order valence-electron chi connectivity index (χ1n) is 8.80. The number of rotatable bonds is 5. The molecule has 0 spiro atoms. The van der Waals surface area contributed by atoms with E-state index in [0.29, 0.717) is 36.4 Å². The van der Waals surface area contributed by atoms with Crippen molar-refractivity contribution in [2.75, 3.05) is 25.2 Å². The number of ether oxygens (including phenoxy) is 2. The maximum atomic E-state index is 12.6. The quantitative estimate of drug-likeness (QED) is 0.446. The monoisotopic (exact) mass is 384 g/mol. The summed E-state index contributed by atoms with van der Waals surface area (Å²) in [6.07, 6.45) is 1.34. The number of methoxy groups -OCH3 is 1. The molecule has 146 valence electrons. The van der Waals surface area contributed by atoms with Crippen molar-refractivity contribution in [1.82, 2.24) is 0 Å². The van der Waals surface area contributed by atoms with Crippen LogP contribution in [0.5, 0.6) is 5.75 Å². The van der Waals surface area contributed by atoms with Gasteiger partial charge >= 0.3 is 5.97 Å². The number of carbonyl (C=O) groups excluding carboxylic acids is 2. The van der Waals surface area contributed by atoms with Crippen molar-refractivity contribution in [3.05, 3.63) is 63.2 Å². The van der Waals surface area contributed by atoms with Gasteiger partial charge in [0.25, 0.3) is 11.6 Å². The summed E-state index contributed by atoms with van der Waals surface area (Å²) < 4.78 is 10.4. The van der Waals surface area contributed by atoms with E-state index in [9.17, 15) is 19.7 Å². The van der Waals surface area contributed by atoms with Crippen molar-refractivity contribution in [2.45, 2.75) is 19.8 Å². The van der Waals surface area contributed by atoms with Crippen LogP contribution in [-0.2, 0) is 16.0 Å². The molecular formula is C20H20N2O6. The third kappa shape index (κ3) is 3.95. The van der Waals surface area contributed by atoms with E-state index in [0.717, 1.165) is 11.1 Å². The molecule has 0 unspecified atom stereocenters. The number of anilines is 1. The number of benzene rings is 2. The lowest BCUT2D eigenvalue weighted by Crippen LogP contribution is -2.38. The van der Waals surface area contributed by atoms with Crippen LogP contribution in [0.1, 0.15) is 27.9 Å². The highest BCUT2D eigenvalue weighted by molar-refractivity contribution is 5.98. The summed E-state index contributed by atoms with van der Waals surface area (Å²) in [5.74, 6) is -0.429. The molecule has 2 aromatic carbocycles. The van der Waals surface area contributed by atoms with E-state index in [2.05, 4.69) is 0 Å². The van der Waals surface area contributed by atoms with Crippen molar-refractivity contribution < 1.29 is 24.0 Å². The van der Waals surface area contributed by atoms with Gasteiger partial charge in [-0.2, -0.15) is 0 Å². The van der Waals surface area contributed by atoms with E-state index in [1.165, 1.54) is 24.1 Å². The van der Waals surface area contributed by atoms with Crippen molar-refractivity contribution in [3.63, 3.8) is 0 Å². The van der Waals surface area contributed by atoms with Crippen LogP contribution >= 0.6 is 0 Å². The number of hydrogen-bond donors (Lipinski definition) is 0. The van der Waals surface area contributed by atoms with Crippen molar-refractivity contribution >= 4 is 23.3 Å². The van der Waals surface area contributed by atoms with E-state index in [1.807, 2.05) is 6.92 Å². The highest BCUT2D eigenvalue weighted by atomic mass is 16.6. The predicted molar refractivity (Wildman–Crippen MR) is 102 cm³/mol. The molecule has 1 heterocycles. The molecule has 1 aliphatic heterocycles. The Bertz CT molecular complexity index is 940. The van der Waals surface area contributed by atoms with Gasteiger partial charge in [0.1, 0.15) is 5.75 Å². The third-order valence-electron chi connectivity index (χ3n) is 4.66. The van der Waals surface area contributed by atoms with Crippen LogP contribution in [-0.4, -0.2) is 37.1 Å². The topological polar surface area (TPSA) is 99.0 Å². The lowest BCUT2D eigenvalue weighted by atomic mass is 10.0. The van der Waals surface area contributed by atoms with Crippen LogP contribution in [0, 0.1) is 17.0 Å². The molecule has 8 heteroatoms. The lowest BCUT2D eigenvalue weighted by Gasteiger charge is -2.29. The van der Waals surface area contributed by atoms with Crippen molar-refractivity contribution in [3.8, 4) is 5.75 Å². The molecule has 0 aliphatic carbocycles. The fourth-order valence-electron chi connectivity index (χ4n) is 3.19. The average Bonchev–Trinajstić information content (AvgIpc) is 2.71. The molecule has 8 nitrogen and oxygen atoms in total. The number of nitrogens with zero attached hydrogens (tertiary/aromatic N) is 2. The Morgan fingerprint density at radius 1 is 1.21 bits per heavy atom. The molecule has 28 heavy (non-hydrogen) atoms. The predicted octanol–water partition coefficient (Wildman–Crippen LogP) is 3.05. The zero-order valence-corrected chi connectivity index (χ0v) is 15.6. The number of nitro groups is 1. The highest BCUT2D eigenvalue weighted by Crippen LogP contribution is 2.30. The molecule has 0 saturated heterocycles. The highest BCUT2D eigenvalue weighted by Gasteiger charge is 2.25. The number of carbonyl (C=O) groups is 2. The van der Waals surface area contributed by atoms with Crippen molar-refractivity contribution in [2.24, 2.45) is 0 Å². The van der Waals surface area contributed by atoms with Gasteiger partial charge < -0.3 is 14.4 Å². The first-order valence-corrected chi connectivity index (χ1v) is 8.80. The fourth-order valence-corrected chi connectivity index (χ4v) is 3.19. The Balaban J connectivity index is 1.69. The summed E-state index contributed by atoms with van der Waals surface area (Å²) in [6.45, 7) is 1.92. The van der Waals surface area contributed by atoms with Gasteiger partial charge in [-0.25, -0.2) is 4.79 Å². The zero-order valence-electron chi connectivity index (χ0n) is 15.6. The van der Waals surface area contributed by atoms with E-state index in [1.54, 1.807) is 24.3 Å². The molecule has 0 saturated carbocycles. The molecule has 0 bridgehead atoms. The Morgan fingerprint density at radius 2 is 2.00 bits per heavy atom. The third-order valence-corrected chi connectivity index (χ3v) is 4.66. The summed E-state index contributed by atoms with van der Waals surface area (Å²) in [4.78, 5) is 36.8. The van der Waals surface area contributed by atoms with Gasteiger partial charge in [-0.05, 0) is 49.1 Å². The molecule has 1 aliphatic rings. The van der Waals surface area contributed by atoms with Crippen molar-refractivity contribution in [1.29, 1.82) is 0 Å². The van der Waals surface area contributed by atoms with Crippen LogP contribution < -0.4 is 9.64 Å². The standard InChI is InChI=1S/C20H20N2O6/c1-13-5-6-15(11-18(13)27-2)20(24)28-12-19(23)21-9-3-4-14-10-16(22(25)26)7-8-17(14)21/h5-8,10-11H,3-4,9,12H2,1-2H3. The molecule has 1 amide bonds. The normalized spacial score (nSPS) is 12.9. The molecule has 0 aromatic heterocycles. The van der Waals surface area contributed by atoms with Gasteiger partial charge in [0.05, 0.1) is 17.6 Å². The number of fused-ring (bicyclic) bond motifs is 1. The van der Waals surface area contributed by atoms with Gasteiger partial charge in [-0.1, -0.05) is 6.07 Å². The summed E-state index contributed by atoms with van der Waals surface area (Å²) in [6, 6.07) is 9.34. The summed E-state index contributed by atoms with van der Waals surface area (Å²) >= 11 is 0. The van der Waals surface area contributed by atoms with Crippen LogP contribution in [0.3, 0.4) is 0 Å². The van der Waals surface area contributed by atoms with Gasteiger partial charge in [-0.3, -0.25) is 14.9 Å². The fraction of sp³-hybridized carbons (Fsp3) is 0.300. The first-order chi connectivity index (χ1) is 13.4. The molecule has 3 rings (SSSR count). The molecule has 2 aromatic rings. The Morgan fingerprint density at radius 3 is 2.71 bits per heavy atom. The number of amides is 1. The van der Waals surface area contributed by atoms with Gasteiger partial charge in [-0.15, -0.1) is 0 Å². The summed E-state index contributed by atoms with van der Waals surface area (Å²) in [5.41, 5.74) is 2.53. The first kappa shape index (κ1) is 19.3. The minimum absolute atomic E-state index is 0.00667. The second kappa shape index (κ2) is 8.08. The molecular weight excluding hydrogens is 364 g/mol. The molecule has 0 fully saturated rings. The number of aryl methyl sites for hydroxylation is 2. The number of esters is 1. The van der Waals surface area contributed by atoms with Gasteiger partial charge in [0, 0.05) is 24.4 Å². The van der Waals surface area contributed by atoms with Crippen LogP contribution in [0.2, 0.25) is 0 Å². The second-order valence-corrected chi connectivity index (χ2v) is 6.48. The maximum Gasteiger partial charge on any atom is 0.338 e. The van der Waals surface area contributed by atoms with Crippen LogP contribution in [0.4, 0.5) is 11.4 Å². The van der Waals surface area contributed by atoms with E-state index < -0.39 is 17.5 Å². The van der Waals surface area contributed by atoms with E-state index >= 15 is 0 Å². The largest absolute Gasteiger partial charge is 0.496 e. The Kier molecular flexibility index (Phi) is 5.58. The van der Waals surface area contributed by atoms with E-state index in [-0.39, 0.29) is 11.6 Å². The molecule has 0 N–H and O–H groups in total. The van der Waals surface area contributed by atoms with Crippen LogP contribution in [0.25, 0.3) is 0 Å². The number of hydrogen-bond acceptors (Lipinski definition) is 6. The Hall–Kier alpha value is -3.42. The minimum atomic E-state index is -0.618. The number of nitro benzene ring substituents is 1. The summed E-state index contributed by atoms with van der Waals surface area (Å²) in [5, 5.41) is 10.9. The smallest absolute Gasteiger partial charge is 0.338 e. The van der Waals surface area contributed by atoms with Crippen LogP contribution in [0.15, 0.2) is 36.4 Å². The minimum Gasteiger partial charge on any atom is -0.496 e. The zero-order chi connectivity index (χ0) is 20.3. The van der Waals surface area contributed by atoms with Gasteiger partial charge in [0.2, 0.25) is 0 Å². The lowest BCUT2D eigenvalue weighted by molar-refractivity contribution is -0.384.